The Bertz CT molecular complexity index is 1540. The fourth-order valence-corrected chi connectivity index (χ4v) is 4.89. The van der Waals surface area contributed by atoms with Gasteiger partial charge in [-0.3, -0.25) is 33.6 Å². The highest BCUT2D eigenvalue weighted by Gasteiger charge is 2.22. The summed E-state index contributed by atoms with van der Waals surface area (Å²) >= 11 is 0. The van der Waals surface area contributed by atoms with Gasteiger partial charge in [0.25, 0.3) is 6.47 Å². The molecule has 0 aliphatic rings. The Kier molecular flexibility index (Phi) is 27.2. The molecule has 2 rings (SSSR count). The van der Waals surface area contributed by atoms with Gasteiger partial charge in [-0.2, -0.15) is 0 Å². The van der Waals surface area contributed by atoms with Gasteiger partial charge in [0.05, 0.1) is 20.8 Å². The van der Waals surface area contributed by atoms with Gasteiger partial charge in [0.15, 0.2) is 0 Å². The van der Waals surface area contributed by atoms with Gasteiger partial charge < -0.3 is 52.8 Å². The van der Waals surface area contributed by atoms with Crippen LogP contribution in [0.25, 0.3) is 0 Å². The van der Waals surface area contributed by atoms with Gasteiger partial charge in [0.1, 0.15) is 6.04 Å². The van der Waals surface area contributed by atoms with E-state index in [0.717, 1.165) is 28.7 Å². The number of rotatable bonds is 22. The van der Waals surface area contributed by atoms with E-state index in [-0.39, 0.29) is 56.1 Å². The van der Waals surface area contributed by atoms with Crippen LogP contribution in [0.3, 0.4) is 0 Å². The zero-order valence-electron chi connectivity index (χ0n) is 32.8. The molecule has 10 N–H and O–H groups in total. The van der Waals surface area contributed by atoms with Crippen molar-refractivity contribution in [3.05, 3.63) is 70.8 Å². The molecule has 18 nitrogen and oxygen atoms in total. The Morgan fingerprint density at radius 3 is 1.70 bits per heavy atom. The number of carbonyl (C=O) groups is 8. The highest BCUT2D eigenvalue weighted by molar-refractivity contribution is 5.85. The monoisotopic (exact) mass is 786 g/mol. The second kappa shape index (κ2) is 30.4. The van der Waals surface area contributed by atoms with E-state index in [1.807, 2.05) is 49.4 Å². The van der Waals surface area contributed by atoms with Gasteiger partial charge in [0.2, 0.25) is 35.9 Å². The van der Waals surface area contributed by atoms with Crippen molar-refractivity contribution in [1.29, 1.82) is 0 Å². The van der Waals surface area contributed by atoms with Crippen molar-refractivity contribution in [2.45, 2.75) is 84.1 Å². The van der Waals surface area contributed by atoms with E-state index in [1.54, 1.807) is 6.92 Å². The van der Waals surface area contributed by atoms with E-state index in [9.17, 15) is 33.6 Å². The number of amides is 6. The van der Waals surface area contributed by atoms with Gasteiger partial charge >= 0.3 is 5.97 Å². The Morgan fingerprint density at radius 2 is 1.20 bits per heavy atom. The summed E-state index contributed by atoms with van der Waals surface area (Å²) < 4.78 is 8.64. The standard InChI is InChI=1S/C21H31N5O6.C15H23N3O2.C2H4O2/c1-14(25-20(30)12-23-13-27)8-19(29)24-7-6-18(28)26-17(21(31)32-2)10-15-4-3-5-16(9-15)11-22;1-11(18-15(20)6-7-17-12(2)19)8-13-4-3-5-14(9-13)10-16;1-4-2-3/h3-5,9,13-14,17H,6-8,10-12,22H2,1-2H3,(H,23,27)(H,24,29)(H,25,30)(H,26,28);3-5,9,11H,6-8,10,16H2,1-2H3,(H,17,19)(H,18,20);2H,1H3. The van der Waals surface area contributed by atoms with E-state index in [4.69, 9.17) is 21.0 Å². The number of esters is 1. The number of hydrogen-bond acceptors (Lipinski definition) is 12. The molecule has 0 saturated carbocycles. The summed E-state index contributed by atoms with van der Waals surface area (Å²) in [6.07, 6.45) is 1.69. The highest BCUT2D eigenvalue weighted by Crippen LogP contribution is 2.09. The van der Waals surface area contributed by atoms with Gasteiger partial charge in [0, 0.05) is 70.9 Å². The number of benzene rings is 2. The summed E-state index contributed by atoms with van der Waals surface area (Å²) in [6, 6.07) is 14.2. The van der Waals surface area contributed by atoms with Crippen LogP contribution in [0.4, 0.5) is 0 Å². The fourth-order valence-electron chi connectivity index (χ4n) is 4.89. The minimum Gasteiger partial charge on any atom is -0.471 e. The van der Waals surface area contributed by atoms with Crippen LogP contribution in [0.2, 0.25) is 0 Å². The number of carbonyl (C=O) groups excluding carboxylic acids is 8. The molecule has 0 aliphatic carbocycles. The molecule has 2 aromatic carbocycles. The molecule has 56 heavy (non-hydrogen) atoms. The van der Waals surface area contributed by atoms with E-state index in [1.165, 1.54) is 21.1 Å². The number of methoxy groups -OCH3 is 2. The first-order valence-electron chi connectivity index (χ1n) is 17.9. The highest BCUT2D eigenvalue weighted by atomic mass is 16.5. The molecule has 310 valence electrons. The lowest BCUT2D eigenvalue weighted by Gasteiger charge is -2.17. The van der Waals surface area contributed by atoms with Crippen molar-refractivity contribution in [2.24, 2.45) is 11.5 Å². The average molecular weight is 787 g/mol. The SMILES string of the molecule is CC(=O)NCCC(=O)NC(C)Cc1cccc(CN)c1.COC(=O)C(Cc1cccc(CN)c1)NC(=O)CCNC(=O)CC(C)NC(=O)CNC=O.COC=O. The first-order chi connectivity index (χ1) is 26.7. The number of nitrogens with one attached hydrogen (secondary N) is 6. The topological polar surface area (TPSA) is 279 Å². The number of hydrogen-bond donors (Lipinski definition) is 8. The van der Waals surface area contributed by atoms with Crippen molar-refractivity contribution in [2.75, 3.05) is 33.9 Å². The third kappa shape index (κ3) is 25.2. The fraction of sp³-hybridized carbons (Fsp3) is 0.474. The van der Waals surface area contributed by atoms with E-state index in [2.05, 4.69) is 42.7 Å². The summed E-state index contributed by atoms with van der Waals surface area (Å²) in [5.41, 5.74) is 15.2. The summed E-state index contributed by atoms with van der Waals surface area (Å²) in [5.74, 6) is -1.93. The Hall–Kier alpha value is -5.88. The minimum atomic E-state index is -0.869. The molecule has 0 spiro atoms. The summed E-state index contributed by atoms with van der Waals surface area (Å²) in [4.78, 5) is 89.3. The molecule has 3 atom stereocenters. The molecule has 2 aromatic rings. The normalized spacial score (nSPS) is 11.5. The molecule has 0 heterocycles. The first kappa shape index (κ1) is 50.1. The third-order valence-corrected chi connectivity index (χ3v) is 7.41. The molecular formula is C38H58N8O10. The van der Waals surface area contributed by atoms with Gasteiger partial charge in [-0.25, -0.2) is 4.79 Å². The summed E-state index contributed by atoms with van der Waals surface area (Å²) in [6.45, 7) is 6.56. The Morgan fingerprint density at radius 1 is 0.696 bits per heavy atom. The Balaban J connectivity index is 0.00000107. The predicted molar refractivity (Wildman–Crippen MR) is 208 cm³/mol. The second-order valence-corrected chi connectivity index (χ2v) is 12.4. The van der Waals surface area contributed by atoms with Crippen LogP contribution in [-0.2, 0) is 73.8 Å². The zero-order chi connectivity index (χ0) is 42.3. The maximum absolute atomic E-state index is 12.3. The summed E-state index contributed by atoms with van der Waals surface area (Å²) in [7, 11) is 2.56. The Labute approximate surface area is 327 Å². The van der Waals surface area contributed by atoms with Crippen molar-refractivity contribution in [3.8, 4) is 0 Å². The zero-order valence-corrected chi connectivity index (χ0v) is 32.8. The molecule has 0 aliphatic heterocycles. The maximum Gasteiger partial charge on any atom is 0.328 e. The van der Waals surface area contributed by atoms with Crippen molar-refractivity contribution < 1.29 is 47.8 Å². The van der Waals surface area contributed by atoms with Crippen molar-refractivity contribution in [1.82, 2.24) is 31.9 Å². The minimum absolute atomic E-state index is 0.0106. The molecule has 0 aromatic heterocycles. The van der Waals surface area contributed by atoms with Gasteiger partial charge in [-0.05, 0) is 42.5 Å². The van der Waals surface area contributed by atoms with Crippen LogP contribution in [0.5, 0.6) is 0 Å². The molecular weight excluding hydrogens is 728 g/mol. The smallest absolute Gasteiger partial charge is 0.328 e. The van der Waals surface area contributed by atoms with Crippen LogP contribution in [0, 0.1) is 0 Å². The van der Waals surface area contributed by atoms with E-state index in [0.29, 0.717) is 38.9 Å². The molecule has 0 saturated heterocycles. The predicted octanol–water partition coefficient (Wildman–Crippen LogP) is -0.999. The first-order valence-corrected chi connectivity index (χ1v) is 17.9. The maximum atomic E-state index is 12.3. The molecule has 3 unspecified atom stereocenters. The summed E-state index contributed by atoms with van der Waals surface area (Å²) in [5, 5.41) is 15.5. The second-order valence-electron chi connectivity index (χ2n) is 12.4. The van der Waals surface area contributed by atoms with Crippen LogP contribution in [-0.4, -0.2) is 100 Å². The average Bonchev–Trinajstić information content (AvgIpc) is 3.16. The van der Waals surface area contributed by atoms with Crippen molar-refractivity contribution in [3.63, 3.8) is 0 Å². The lowest BCUT2D eigenvalue weighted by molar-refractivity contribution is -0.145. The van der Waals surface area contributed by atoms with E-state index >= 15 is 0 Å². The van der Waals surface area contributed by atoms with Gasteiger partial charge in [-0.1, -0.05) is 48.5 Å². The molecule has 18 heteroatoms. The van der Waals surface area contributed by atoms with Gasteiger partial charge in [-0.15, -0.1) is 0 Å². The number of ether oxygens (including phenoxy) is 2. The van der Waals surface area contributed by atoms with Crippen LogP contribution >= 0.6 is 0 Å². The number of nitrogens with two attached hydrogens (primary N) is 2. The molecule has 6 amide bonds. The molecule has 0 radical (unpaired) electrons. The van der Waals surface area contributed by atoms with Crippen molar-refractivity contribution >= 4 is 48.4 Å². The van der Waals surface area contributed by atoms with Crippen LogP contribution in [0.15, 0.2) is 48.5 Å². The van der Waals surface area contributed by atoms with E-state index < -0.39 is 29.9 Å². The lowest BCUT2D eigenvalue weighted by atomic mass is 10.0. The molecule has 0 fully saturated rings. The molecule has 0 bridgehead atoms. The largest absolute Gasteiger partial charge is 0.471 e. The van der Waals surface area contributed by atoms with Crippen LogP contribution in [0.1, 0.15) is 62.3 Å². The van der Waals surface area contributed by atoms with Crippen LogP contribution < -0.4 is 43.4 Å². The lowest BCUT2D eigenvalue weighted by Crippen LogP contribution is -2.44. The quantitative estimate of drug-likeness (QED) is 0.0527. The third-order valence-electron chi connectivity index (χ3n) is 7.41.